The molecule has 0 bridgehead atoms. The molecular formula is C18H32O6. The molecule has 2 saturated carbocycles. The van der Waals surface area contributed by atoms with Crippen LogP contribution in [0.15, 0.2) is 0 Å². The second-order valence-electron chi connectivity index (χ2n) is 6.85. The molecule has 2 rings (SSSR count). The molecular weight excluding hydrogens is 312 g/mol. The molecule has 0 aliphatic heterocycles. The number of methoxy groups -OCH3 is 2. The molecule has 0 aromatic carbocycles. The van der Waals surface area contributed by atoms with Crippen molar-refractivity contribution in [1.82, 2.24) is 0 Å². The minimum atomic E-state index is -0.159. The predicted molar refractivity (Wildman–Crippen MR) is 89.1 cm³/mol. The fourth-order valence-corrected chi connectivity index (χ4v) is 3.49. The Morgan fingerprint density at radius 2 is 1.00 bits per heavy atom. The van der Waals surface area contributed by atoms with E-state index >= 15 is 0 Å². The zero-order valence-corrected chi connectivity index (χ0v) is 14.9. The standard InChI is InChI=1S/C10H16O4.C8H16O2/c1-13-9(11)7-3-5-8(6-4-7)10(12)14-2;9-5-7-1-2-8(6-10)4-3-7/h7-8H,3-6H2,1-2H3;7-10H,1-6H2. The highest BCUT2D eigenvalue weighted by Crippen LogP contribution is 2.30. The third kappa shape index (κ3) is 6.77. The molecule has 0 radical (unpaired) electrons. The summed E-state index contributed by atoms with van der Waals surface area (Å²) in [6.45, 7) is 0.663. The number of carbonyl (C=O) groups excluding carboxylic acids is 2. The van der Waals surface area contributed by atoms with Crippen LogP contribution in [0.25, 0.3) is 0 Å². The number of hydrogen-bond donors (Lipinski definition) is 2. The number of esters is 2. The van der Waals surface area contributed by atoms with Crippen molar-refractivity contribution in [1.29, 1.82) is 0 Å². The van der Waals surface area contributed by atoms with Crippen molar-refractivity contribution >= 4 is 11.9 Å². The predicted octanol–water partition coefficient (Wildman–Crippen LogP) is 1.92. The Labute approximate surface area is 144 Å². The van der Waals surface area contributed by atoms with Crippen LogP contribution in [0.4, 0.5) is 0 Å². The van der Waals surface area contributed by atoms with Crippen molar-refractivity contribution in [3.8, 4) is 0 Å². The van der Waals surface area contributed by atoms with Gasteiger partial charge in [0.05, 0.1) is 26.1 Å². The van der Waals surface area contributed by atoms with Crippen molar-refractivity contribution in [2.45, 2.75) is 51.4 Å². The lowest BCUT2D eigenvalue weighted by Gasteiger charge is -2.25. The summed E-state index contributed by atoms with van der Waals surface area (Å²) in [7, 11) is 2.80. The molecule has 2 N–H and O–H groups in total. The van der Waals surface area contributed by atoms with E-state index in [0.29, 0.717) is 25.0 Å². The van der Waals surface area contributed by atoms with E-state index in [9.17, 15) is 9.59 Å². The van der Waals surface area contributed by atoms with E-state index in [0.717, 1.165) is 51.4 Å². The number of aliphatic hydroxyl groups is 2. The SMILES string of the molecule is COC(=O)C1CCC(C(=O)OC)CC1.OCC1CCC(CO)CC1. The Balaban J connectivity index is 0.000000254. The largest absolute Gasteiger partial charge is 0.469 e. The first-order chi connectivity index (χ1) is 11.5. The lowest BCUT2D eigenvalue weighted by atomic mass is 9.82. The maximum Gasteiger partial charge on any atom is 0.308 e. The van der Waals surface area contributed by atoms with Gasteiger partial charge in [-0.2, -0.15) is 0 Å². The normalized spacial score (nSPS) is 29.8. The maximum atomic E-state index is 11.2. The smallest absolute Gasteiger partial charge is 0.308 e. The van der Waals surface area contributed by atoms with Gasteiger partial charge in [-0.05, 0) is 63.2 Å². The summed E-state index contributed by atoms with van der Waals surface area (Å²) in [4.78, 5) is 22.3. The highest BCUT2D eigenvalue weighted by molar-refractivity contribution is 5.75. The van der Waals surface area contributed by atoms with E-state index in [1.165, 1.54) is 14.2 Å². The van der Waals surface area contributed by atoms with E-state index in [4.69, 9.17) is 10.2 Å². The lowest BCUT2D eigenvalue weighted by Crippen LogP contribution is -2.27. The minimum absolute atomic E-state index is 0.0269. The third-order valence-electron chi connectivity index (χ3n) is 5.28. The molecule has 0 amide bonds. The van der Waals surface area contributed by atoms with Gasteiger partial charge in [-0.25, -0.2) is 0 Å². The molecule has 0 heterocycles. The van der Waals surface area contributed by atoms with Gasteiger partial charge >= 0.3 is 11.9 Å². The first-order valence-corrected chi connectivity index (χ1v) is 8.93. The van der Waals surface area contributed by atoms with Crippen LogP contribution in [-0.2, 0) is 19.1 Å². The number of carbonyl (C=O) groups is 2. The second kappa shape index (κ2) is 11.4. The van der Waals surface area contributed by atoms with Gasteiger partial charge in [0.25, 0.3) is 0 Å². The molecule has 6 heteroatoms. The topological polar surface area (TPSA) is 93.1 Å². The van der Waals surface area contributed by atoms with Crippen LogP contribution in [0.3, 0.4) is 0 Å². The van der Waals surface area contributed by atoms with Crippen LogP contribution in [0.2, 0.25) is 0 Å². The van der Waals surface area contributed by atoms with E-state index < -0.39 is 0 Å². The van der Waals surface area contributed by atoms with Crippen molar-refractivity contribution in [3.63, 3.8) is 0 Å². The number of ether oxygens (including phenoxy) is 2. The Morgan fingerprint density at radius 1 is 0.708 bits per heavy atom. The van der Waals surface area contributed by atoms with Gasteiger partial charge in [0, 0.05) is 13.2 Å². The van der Waals surface area contributed by atoms with Crippen molar-refractivity contribution in [2.24, 2.45) is 23.7 Å². The summed E-state index contributed by atoms with van der Waals surface area (Å²) < 4.78 is 9.31. The van der Waals surface area contributed by atoms with Crippen molar-refractivity contribution < 1.29 is 29.3 Å². The Bertz CT molecular complexity index is 332. The molecule has 0 aromatic rings. The Morgan fingerprint density at radius 3 is 1.21 bits per heavy atom. The highest BCUT2D eigenvalue weighted by Gasteiger charge is 2.30. The van der Waals surface area contributed by atoms with Crippen LogP contribution in [-0.4, -0.2) is 49.6 Å². The highest BCUT2D eigenvalue weighted by atomic mass is 16.5. The minimum Gasteiger partial charge on any atom is -0.469 e. The van der Waals surface area contributed by atoms with Crippen molar-refractivity contribution in [3.05, 3.63) is 0 Å². The molecule has 0 unspecified atom stereocenters. The van der Waals surface area contributed by atoms with Crippen LogP contribution in [0.5, 0.6) is 0 Å². The fourth-order valence-electron chi connectivity index (χ4n) is 3.49. The quantitative estimate of drug-likeness (QED) is 0.757. The summed E-state index contributed by atoms with van der Waals surface area (Å²) in [5.74, 6) is 0.661. The monoisotopic (exact) mass is 344 g/mol. The zero-order chi connectivity index (χ0) is 17.9. The molecule has 0 atom stereocenters. The van der Waals surface area contributed by atoms with Crippen LogP contribution in [0, 0.1) is 23.7 Å². The number of aliphatic hydroxyl groups excluding tert-OH is 2. The molecule has 6 nitrogen and oxygen atoms in total. The first-order valence-electron chi connectivity index (χ1n) is 8.93. The third-order valence-corrected chi connectivity index (χ3v) is 5.28. The van der Waals surface area contributed by atoms with Gasteiger partial charge in [0.2, 0.25) is 0 Å². The van der Waals surface area contributed by atoms with E-state index in [-0.39, 0.29) is 23.8 Å². The summed E-state index contributed by atoms with van der Waals surface area (Å²) >= 11 is 0. The molecule has 0 saturated heterocycles. The number of hydrogen-bond acceptors (Lipinski definition) is 6. The van der Waals surface area contributed by atoms with Crippen LogP contribution in [0.1, 0.15) is 51.4 Å². The average molecular weight is 344 g/mol. The number of rotatable bonds is 4. The molecule has 140 valence electrons. The van der Waals surface area contributed by atoms with E-state index in [1.807, 2.05) is 0 Å². The average Bonchev–Trinajstić information content (AvgIpc) is 2.67. The molecule has 24 heavy (non-hydrogen) atoms. The van der Waals surface area contributed by atoms with Gasteiger partial charge in [0.15, 0.2) is 0 Å². The summed E-state index contributed by atoms with van der Waals surface area (Å²) in [5, 5.41) is 17.6. The van der Waals surface area contributed by atoms with Gasteiger partial charge in [0.1, 0.15) is 0 Å². The summed E-state index contributed by atoms with van der Waals surface area (Å²) in [5.41, 5.74) is 0. The van der Waals surface area contributed by atoms with Crippen LogP contribution < -0.4 is 0 Å². The van der Waals surface area contributed by atoms with Crippen molar-refractivity contribution in [2.75, 3.05) is 27.4 Å². The summed E-state index contributed by atoms with van der Waals surface area (Å²) in [6.07, 6.45) is 7.31. The zero-order valence-electron chi connectivity index (χ0n) is 14.9. The Kier molecular flexibility index (Phi) is 9.95. The van der Waals surface area contributed by atoms with Gasteiger partial charge in [-0.3, -0.25) is 9.59 Å². The molecule has 2 fully saturated rings. The lowest BCUT2D eigenvalue weighted by molar-refractivity contribution is -0.151. The Hall–Kier alpha value is -1.14. The van der Waals surface area contributed by atoms with Gasteiger partial charge in [-0.15, -0.1) is 0 Å². The molecule has 2 aliphatic carbocycles. The van der Waals surface area contributed by atoms with Gasteiger partial charge in [-0.1, -0.05) is 0 Å². The van der Waals surface area contributed by atoms with E-state index in [1.54, 1.807) is 0 Å². The fraction of sp³-hybridized carbons (Fsp3) is 0.889. The van der Waals surface area contributed by atoms with E-state index in [2.05, 4.69) is 9.47 Å². The first kappa shape index (κ1) is 20.9. The summed E-state index contributed by atoms with van der Waals surface area (Å²) in [6, 6.07) is 0. The maximum absolute atomic E-state index is 11.2. The van der Waals surface area contributed by atoms with Crippen LogP contribution >= 0.6 is 0 Å². The molecule has 0 aromatic heterocycles. The molecule has 2 aliphatic rings. The molecule has 0 spiro atoms. The van der Waals surface area contributed by atoms with Gasteiger partial charge < -0.3 is 19.7 Å². The second-order valence-corrected chi connectivity index (χ2v) is 6.85.